The number of carbonyl (C=O) groups is 1. The highest BCUT2D eigenvalue weighted by atomic mass is 32.2. The minimum absolute atomic E-state index is 0.180. The molecule has 0 saturated carbocycles. The molecule has 0 aliphatic rings. The van der Waals surface area contributed by atoms with E-state index in [1.165, 1.54) is 5.56 Å². The third-order valence-electron chi connectivity index (χ3n) is 2.11. The van der Waals surface area contributed by atoms with Gasteiger partial charge in [-0.1, -0.05) is 30.3 Å². The first kappa shape index (κ1) is 14.1. The normalized spacial score (nSPS) is 10.2. The fourth-order valence-corrected chi connectivity index (χ4v) is 2.17. The molecule has 1 N–H and O–H groups in total. The quantitative estimate of drug-likeness (QED) is 0.568. The molecule has 3 nitrogen and oxygen atoms in total. The van der Waals surface area contributed by atoms with Gasteiger partial charge in [0.1, 0.15) is 0 Å². The average molecular weight is 253 g/mol. The standard InChI is InChI=1S/C13H19NO2S/c1-2-16-13(15)10-14-8-9-17-11-12-6-4-3-5-7-12/h3-7,14H,2,8-11H2,1H3. The van der Waals surface area contributed by atoms with Crippen LogP contribution in [-0.4, -0.2) is 31.4 Å². The van der Waals surface area contributed by atoms with E-state index in [1.807, 2.05) is 24.8 Å². The summed E-state index contributed by atoms with van der Waals surface area (Å²) in [4.78, 5) is 11.0. The first-order valence-corrected chi connectivity index (χ1v) is 6.96. The minimum Gasteiger partial charge on any atom is -0.465 e. The van der Waals surface area contributed by atoms with Crippen LogP contribution in [0.4, 0.5) is 0 Å². The molecule has 17 heavy (non-hydrogen) atoms. The number of benzene rings is 1. The van der Waals surface area contributed by atoms with Crippen molar-refractivity contribution in [3.63, 3.8) is 0 Å². The predicted molar refractivity (Wildman–Crippen MR) is 72.1 cm³/mol. The van der Waals surface area contributed by atoms with Crippen molar-refractivity contribution in [2.45, 2.75) is 12.7 Å². The summed E-state index contributed by atoms with van der Waals surface area (Å²) >= 11 is 1.86. The maximum absolute atomic E-state index is 11.0. The third-order valence-corrected chi connectivity index (χ3v) is 3.14. The number of nitrogens with one attached hydrogen (secondary N) is 1. The van der Waals surface area contributed by atoms with Crippen LogP contribution in [0, 0.1) is 0 Å². The lowest BCUT2D eigenvalue weighted by molar-refractivity contribution is -0.141. The summed E-state index contributed by atoms with van der Waals surface area (Å²) in [6, 6.07) is 10.4. The monoisotopic (exact) mass is 253 g/mol. The molecule has 0 saturated heterocycles. The molecule has 0 aromatic heterocycles. The van der Waals surface area contributed by atoms with Crippen molar-refractivity contribution >= 4 is 17.7 Å². The van der Waals surface area contributed by atoms with Crippen molar-refractivity contribution in [2.75, 3.05) is 25.4 Å². The molecular weight excluding hydrogens is 234 g/mol. The summed E-state index contributed by atoms with van der Waals surface area (Å²) in [5, 5.41) is 3.06. The molecule has 1 rings (SSSR count). The molecule has 0 unspecified atom stereocenters. The lowest BCUT2D eigenvalue weighted by atomic mass is 10.2. The maximum atomic E-state index is 11.0. The number of esters is 1. The van der Waals surface area contributed by atoms with Gasteiger partial charge in [-0.15, -0.1) is 0 Å². The van der Waals surface area contributed by atoms with Crippen LogP contribution in [0.5, 0.6) is 0 Å². The largest absolute Gasteiger partial charge is 0.465 e. The van der Waals surface area contributed by atoms with Crippen molar-refractivity contribution in [1.29, 1.82) is 0 Å². The highest BCUT2D eigenvalue weighted by Crippen LogP contribution is 2.10. The number of rotatable bonds is 8. The van der Waals surface area contributed by atoms with E-state index >= 15 is 0 Å². The molecule has 0 amide bonds. The van der Waals surface area contributed by atoms with Gasteiger partial charge in [-0.2, -0.15) is 11.8 Å². The maximum Gasteiger partial charge on any atom is 0.319 e. The number of hydrogen-bond donors (Lipinski definition) is 1. The molecule has 1 aromatic rings. The van der Waals surface area contributed by atoms with Gasteiger partial charge in [-0.25, -0.2) is 0 Å². The summed E-state index contributed by atoms with van der Waals surface area (Å²) < 4.78 is 4.81. The summed E-state index contributed by atoms with van der Waals surface area (Å²) in [5.74, 6) is 1.83. The third kappa shape index (κ3) is 7.02. The van der Waals surface area contributed by atoms with Crippen LogP contribution in [0.1, 0.15) is 12.5 Å². The van der Waals surface area contributed by atoms with Crippen molar-refractivity contribution in [3.05, 3.63) is 35.9 Å². The molecule has 0 atom stereocenters. The second-order valence-electron chi connectivity index (χ2n) is 3.52. The van der Waals surface area contributed by atoms with E-state index in [1.54, 1.807) is 0 Å². The summed E-state index contributed by atoms with van der Waals surface area (Å²) in [6.07, 6.45) is 0. The van der Waals surface area contributed by atoms with Crippen LogP contribution in [0.25, 0.3) is 0 Å². The Hall–Kier alpha value is -1.00. The van der Waals surface area contributed by atoms with Crippen LogP contribution in [0.15, 0.2) is 30.3 Å². The highest BCUT2D eigenvalue weighted by Gasteiger charge is 1.99. The fourth-order valence-electron chi connectivity index (χ4n) is 1.31. The van der Waals surface area contributed by atoms with Crippen molar-refractivity contribution < 1.29 is 9.53 Å². The van der Waals surface area contributed by atoms with Gasteiger partial charge >= 0.3 is 5.97 Å². The Bertz CT molecular complexity index is 316. The van der Waals surface area contributed by atoms with E-state index < -0.39 is 0 Å². The Balaban J connectivity index is 1.96. The van der Waals surface area contributed by atoms with Crippen LogP contribution >= 0.6 is 11.8 Å². The summed E-state index contributed by atoms with van der Waals surface area (Å²) in [7, 11) is 0. The van der Waals surface area contributed by atoms with Crippen LogP contribution in [0.3, 0.4) is 0 Å². The first-order valence-electron chi connectivity index (χ1n) is 5.81. The zero-order valence-corrected chi connectivity index (χ0v) is 11.0. The Labute approximate surface area is 107 Å². The van der Waals surface area contributed by atoms with Gasteiger partial charge in [0.25, 0.3) is 0 Å². The number of carbonyl (C=O) groups excluding carboxylic acids is 1. The molecule has 94 valence electrons. The lowest BCUT2D eigenvalue weighted by Crippen LogP contribution is -2.26. The van der Waals surface area contributed by atoms with Crippen LogP contribution in [-0.2, 0) is 15.3 Å². The van der Waals surface area contributed by atoms with Crippen molar-refractivity contribution in [1.82, 2.24) is 5.32 Å². The van der Waals surface area contributed by atoms with Gasteiger partial charge in [0.05, 0.1) is 13.2 Å². The zero-order chi connectivity index (χ0) is 12.3. The van der Waals surface area contributed by atoms with E-state index in [-0.39, 0.29) is 5.97 Å². The molecule has 0 aliphatic heterocycles. The SMILES string of the molecule is CCOC(=O)CNCCSCc1ccccc1. The van der Waals surface area contributed by atoms with Gasteiger partial charge in [0.2, 0.25) is 0 Å². The smallest absolute Gasteiger partial charge is 0.319 e. The van der Waals surface area contributed by atoms with Gasteiger partial charge < -0.3 is 10.1 Å². The van der Waals surface area contributed by atoms with Crippen LogP contribution < -0.4 is 5.32 Å². The number of thioether (sulfide) groups is 1. The Kier molecular flexibility index (Phi) is 7.51. The number of hydrogen-bond acceptors (Lipinski definition) is 4. The number of ether oxygens (including phenoxy) is 1. The first-order chi connectivity index (χ1) is 8.33. The lowest BCUT2D eigenvalue weighted by Gasteiger charge is -2.04. The van der Waals surface area contributed by atoms with E-state index in [0.29, 0.717) is 13.2 Å². The molecule has 0 heterocycles. The van der Waals surface area contributed by atoms with Crippen molar-refractivity contribution in [2.24, 2.45) is 0 Å². The predicted octanol–water partition coefficient (Wildman–Crippen LogP) is 2.07. The second-order valence-corrected chi connectivity index (χ2v) is 4.63. The van der Waals surface area contributed by atoms with Gasteiger partial charge in [0.15, 0.2) is 0 Å². The van der Waals surface area contributed by atoms with E-state index in [4.69, 9.17) is 4.74 Å². The molecule has 0 aliphatic carbocycles. The fraction of sp³-hybridized carbons (Fsp3) is 0.462. The molecule has 0 bridgehead atoms. The minimum atomic E-state index is -0.180. The zero-order valence-electron chi connectivity index (χ0n) is 10.1. The Morgan fingerprint density at radius 3 is 2.82 bits per heavy atom. The van der Waals surface area contributed by atoms with E-state index in [9.17, 15) is 4.79 Å². The summed E-state index contributed by atoms with van der Waals surface area (Å²) in [6.45, 7) is 3.40. The average Bonchev–Trinajstić information content (AvgIpc) is 2.35. The van der Waals surface area contributed by atoms with Gasteiger partial charge in [-0.3, -0.25) is 4.79 Å². The van der Waals surface area contributed by atoms with Crippen LogP contribution in [0.2, 0.25) is 0 Å². The highest BCUT2D eigenvalue weighted by molar-refractivity contribution is 7.98. The molecule has 0 fully saturated rings. The topological polar surface area (TPSA) is 38.3 Å². The van der Waals surface area contributed by atoms with Gasteiger partial charge in [0, 0.05) is 18.1 Å². The second kappa shape index (κ2) is 9.07. The molecule has 0 spiro atoms. The molecule has 4 heteroatoms. The molecule has 0 radical (unpaired) electrons. The summed E-state index contributed by atoms with van der Waals surface area (Å²) in [5.41, 5.74) is 1.34. The van der Waals surface area contributed by atoms with E-state index in [0.717, 1.165) is 18.1 Å². The Morgan fingerprint density at radius 2 is 2.12 bits per heavy atom. The molecular formula is C13H19NO2S. The van der Waals surface area contributed by atoms with E-state index in [2.05, 4.69) is 29.6 Å². The Morgan fingerprint density at radius 1 is 1.35 bits per heavy atom. The van der Waals surface area contributed by atoms with Gasteiger partial charge in [-0.05, 0) is 12.5 Å². The van der Waals surface area contributed by atoms with Crippen molar-refractivity contribution in [3.8, 4) is 0 Å². The molecule has 1 aromatic carbocycles.